The Morgan fingerprint density at radius 3 is 3.17 bits per heavy atom. The second-order valence-electron chi connectivity index (χ2n) is 6.37. The number of imidazole rings is 1. The molecular weight excluding hydrogens is 288 g/mol. The summed E-state index contributed by atoms with van der Waals surface area (Å²) < 4.78 is 0. The molecule has 23 heavy (non-hydrogen) atoms. The van der Waals surface area contributed by atoms with E-state index in [9.17, 15) is 4.79 Å². The van der Waals surface area contributed by atoms with Crippen LogP contribution in [-0.2, 0) is 6.42 Å². The summed E-state index contributed by atoms with van der Waals surface area (Å²) in [5, 5.41) is 3.01. The zero-order chi connectivity index (χ0) is 16.1. The number of nitrogens with one attached hydrogen (secondary N) is 2. The molecule has 1 atom stereocenters. The third kappa shape index (κ3) is 4.34. The minimum Gasteiger partial charge on any atom is -0.348 e. The number of benzene rings is 1. The van der Waals surface area contributed by atoms with Crippen molar-refractivity contribution in [1.29, 1.82) is 0 Å². The van der Waals surface area contributed by atoms with Crippen molar-refractivity contribution < 1.29 is 4.79 Å². The number of rotatable bonds is 4. The van der Waals surface area contributed by atoms with E-state index in [1.165, 1.54) is 12.1 Å². The lowest BCUT2D eigenvalue weighted by molar-refractivity contribution is 0.174. The van der Waals surface area contributed by atoms with E-state index in [2.05, 4.69) is 15.3 Å². The summed E-state index contributed by atoms with van der Waals surface area (Å²) in [6.45, 7) is 3.71. The highest BCUT2D eigenvalue weighted by Crippen LogP contribution is 2.22. The molecule has 2 heterocycles. The first kappa shape index (κ1) is 15.6. The molecule has 1 unspecified atom stereocenters. The number of aromatic nitrogens is 2. The van der Waals surface area contributed by atoms with Gasteiger partial charge < -0.3 is 15.2 Å². The highest BCUT2D eigenvalue weighted by Gasteiger charge is 2.23. The number of aromatic amines is 1. The zero-order valence-corrected chi connectivity index (χ0v) is 13.6. The quantitative estimate of drug-likeness (QED) is 0.906. The Balaban J connectivity index is 1.52. The molecular formula is C18H24N4O. The van der Waals surface area contributed by atoms with Crippen molar-refractivity contribution in [3.8, 4) is 0 Å². The number of likely N-dealkylation sites (tertiary alicyclic amines) is 1. The van der Waals surface area contributed by atoms with Gasteiger partial charge in [-0.2, -0.15) is 0 Å². The molecule has 1 saturated heterocycles. The highest BCUT2D eigenvalue weighted by atomic mass is 16.2. The van der Waals surface area contributed by atoms with Crippen LogP contribution in [0.4, 0.5) is 10.5 Å². The fourth-order valence-corrected chi connectivity index (χ4v) is 3.19. The smallest absolute Gasteiger partial charge is 0.321 e. The van der Waals surface area contributed by atoms with Crippen molar-refractivity contribution in [2.24, 2.45) is 5.92 Å². The molecule has 0 saturated carbocycles. The number of anilines is 1. The molecule has 122 valence electrons. The van der Waals surface area contributed by atoms with E-state index < -0.39 is 0 Å². The van der Waals surface area contributed by atoms with Gasteiger partial charge in [0.1, 0.15) is 0 Å². The highest BCUT2D eigenvalue weighted by molar-refractivity contribution is 5.89. The predicted molar refractivity (Wildman–Crippen MR) is 91.4 cm³/mol. The molecule has 3 rings (SSSR count). The Kier molecular flexibility index (Phi) is 4.95. The number of urea groups is 1. The van der Waals surface area contributed by atoms with Crippen molar-refractivity contribution in [1.82, 2.24) is 14.9 Å². The number of aryl methyl sites for hydroxylation is 2. The largest absolute Gasteiger partial charge is 0.348 e. The molecule has 1 fully saturated rings. The molecule has 2 amide bonds. The number of nitrogens with zero attached hydrogens (tertiary/aromatic N) is 2. The Labute approximate surface area is 137 Å². The van der Waals surface area contributed by atoms with Crippen molar-refractivity contribution in [3.63, 3.8) is 0 Å². The van der Waals surface area contributed by atoms with E-state index in [0.29, 0.717) is 5.92 Å². The molecule has 0 radical (unpaired) electrons. The molecule has 0 bridgehead atoms. The predicted octanol–water partition coefficient (Wildman–Crippen LogP) is 3.59. The molecule has 5 nitrogen and oxygen atoms in total. The lowest BCUT2D eigenvalue weighted by Crippen LogP contribution is -2.42. The number of hydrogen-bond donors (Lipinski definition) is 2. The van der Waals surface area contributed by atoms with Gasteiger partial charge in [0.2, 0.25) is 0 Å². The fraction of sp³-hybridized carbons (Fsp3) is 0.444. The van der Waals surface area contributed by atoms with E-state index in [4.69, 9.17) is 0 Å². The number of amides is 2. The number of hydrogen-bond acceptors (Lipinski definition) is 2. The molecule has 2 aromatic rings. The average Bonchev–Trinajstić information content (AvgIpc) is 3.07. The number of carbonyl (C=O) groups excluding carboxylic acids is 1. The van der Waals surface area contributed by atoms with Gasteiger partial charge in [-0.3, -0.25) is 0 Å². The van der Waals surface area contributed by atoms with Crippen LogP contribution in [0.5, 0.6) is 0 Å². The minimum atomic E-state index is 0.0156. The molecule has 1 aliphatic heterocycles. The molecule has 2 N–H and O–H groups in total. The standard InChI is InChI=1S/C18H24N4O/c1-14-4-2-6-16(10-14)21-18(23)22-9-3-5-15(12-22)7-8-17-11-19-13-20-17/h2,4,6,10-11,13,15H,3,5,7-9,12H2,1H3,(H,19,20)(H,21,23). The van der Waals surface area contributed by atoms with Gasteiger partial charge >= 0.3 is 6.03 Å². The van der Waals surface area contributed by atoms with Crippen molar-refractivity contribution in [2.75, 3.05) is 18.4 Å². The topological polar surface area (TPSA) is 61.0 Å². The van der Waals surface area contributed by atoms with Gasteiger partial charge in [-0.05, 0) is 56.2 Å². The van der Waals surface area contributed by atoms with Crippen molar-refractivity contribution in [2.45, 2.75) is 32.6 Å². The Bertz CT molecular complexity index is 638. The molecule has 1 aromatic heterocycles. The molecule has 0 spiro atoms. The second-order valence-corrected chi connectivity index (χ2v) is 6.37. The van der Waals surface area contributed by atoms with Crippen LogP contribution in [-0.4, -0.2) is 34.0 Å². The van der Waals surface area contributed by atoms with Crippen LogP contribution in [0.2, 0.25) is 0 Å². The van der Waals surface area contributed by atoms with Crippen LogP contribution in [0.1, 0.15) is 30.5 Å². The lowest BCUT2D eigenvalue weighted by atomic mass is 9.93. The first-order valence-corrected chi connectivity index (χ1v) is 8.30. The number of carbonyl (C=O) groups is 1. The maximum atomic E-state index is 12.5. The summed E-state index contributed by atoms with van der Waals surface area (Å²) >= 11 is 0. The summed E-state index contributed by atoms with van der Waals surface area (Å²) in [5.74, 6) is 0.565. The SMILES string of the molecule is Cc1cccc(NC(=O)N2CCCC(CCc3cnc[nH]3)C2)c1. The maximum Gasteiger partial charge on any atom is 0.321 e. The summed E-state index contributed by atoms with van der Waals surface area (Å²) in [7, 11) is 0. The molecule has 0 aliphatic carbocycles. The van der Waals surface area contributed by atoms with Gasteiger partial charge in [0, 0.05) is 30.7 Å². The van der Waals surface area contributed by atoms with Crippen LogP contribution in [0.15, 0.2) is 36.8 Å². The van der Waals surface area contributed by atoms with E-state index >= 15 is 0 Å². The Morgan fingerprint density at radius 1 is 1.48 bits per heavy atom. The lowest BCUT2D eigenvalue weighted by Gasteiger charge is -2.32. The summed E-state index contributed by atoms with van der Waals surface area (Å²) in [5.41, 5.74) is 3.19. The first-order valence-electron chi connectivity index (χ1n) is 8.30. The van der Waals surface area contributed by atoms with Gasteiger partial charge in [0.05, 0.1) is 6.33 Å². The van der Waals surface area contributed by atoms with Crippen LogP contribution in [0, 0.1) is 12.8 Å². The normalized spacial score (nSPS) is 18.0. The van der Waals surface area contributed by atoms with Crippen LogP contribution < -0.4 is 5.32 Å². The second kappa shape index (κ2) is 7.31. The Morgan fingerprint density at radius 2 is 2.39 bits per heavy atom. The van der Waals surface area contributed by atoms with E-state index in [1.807, 2.05) is 42.3 Å². The van der Waals surface area contributed by atoms with Crippen molar-refractivity contribution in [3.05, 3.63) is 48.0 Å². The Hall–Kier alpha value is -2.30. The third-order valence-electron chi connectivity index (χ3n) is 4.45. The molecule has 5 heteroatoms. The van der Waals surface area contributed by atoms with E-state index in [-0.39, 0.29) is 6.03 Å². The number of piperidine rings is 1. The van der Waals surface area contributed by atoms with Crippen LogP contribution in [0.25, 0.3) is 0 Å². The monoisotopic (exact) mass is 312 g/mol. The molecule has 1 aromatic carbocycles. The average molecular weight is 312 g/mol. The van der Waals surface area contributed by atoms with Crippen LogP contribution in [0.3, 0.4) is 0 Å². The van der Waals surface area contributed by atoms with Gasteiger partial charge in [0.15, 0.2) is 0 Å². The van der Waals surface area contributed by atoms with Gasteiger partial charge in [-0.25, -0.2) is 9.78 Å². The molecule has 1 aliphatic rings. The summed E-state index contributed by atoms with van der Waals surface area (Å²) in [4.78, 5) is 21.6. The zero-order valence-electron chi connectivity index (χ0n) is 13.6. The maximum absolute atomic E-state index is 12.5. The van der Waals surface area contributed by atoms with Gasteiger partial charge in [-0.1, -0.05) is 12.1 Å². The van der Waals surface area contributed by atoms with E-state index in [0.717, 1.165) is 43.6 Å². The third-order valence-corrected chi connectivity index (χ3v) is 4.45. The van der Waals surface area contributed by atoms with Crippen LogP contribution >= 0.6 is 0 Å². The minimum absolute atomic E-state index is 0.0156. The van der Waals surface area contributed by atoms with Crippen molar-refractivity contribution >= 4 is 11.7 Å². The first-order chi connectivity index (χ1) is 11.2. The summed E-state index contributed by atoms with van der Waals surface area (Å²) in [6.07, 6.45) is 7.97. The fourth-order valence-electron chi connectivity index (χ4n) is 3.19. The number of H-pyrrole nitrogens is 1. The van der Waals surface area contributed by atoms with Gasteiger partial charge in [0.25, 0.3) is 0 Å². The van der Waals surface area contributed by atoms with Gasteiger partial charge in [-0.15, -0.1) is 0 Å². The van der Waals surface area contributed by atoms with E-state index in [1.54, 1.807) is 6.33 Å². The summed E-state index contributed by atoms with van der Waals surface area (Å²) in [6, 6.07) is 7.94.